The van der Waals surface area contributed by atoms with Gasteiger partial charge in [-0.2, -0.15) is 0 Å². The molecule has 0 aliphatic carbocycles. The lowest BCUT2D eigenvalue weighted by Gasteiger charge is -2.01. The Kier molecular flexibility index (Phi) is 4.98. The molecular formula is C12H18N2O. The smallest absolute Gasteiger partial charge is 0.140 e. The summed E-state index contributed by atoms with van der Waals surface area (Å²) in [4.78, 5) is 15.7. The van der Waals surface area contributed by atoms with Crippen LogP contribution in [0.5, 0.6) is 0 Å². The van der Waals surface area contributed by atoms with Gasteiger partial charge >= 0.3 is 0 Å². The Bertz CT molecular complexity index is 306. The molecule has 0 saturated carbocycles. The topological polar surface area (TPSA) is 42.0 Å². The van der Waals surface area contributed by atoms with Gasteiger partial charge in [0.1, 0.15) is 5.78 Å². The normalized spacial score (nSPS) is 10.3. The summed E-state index contributed by atoms with van der Waals surface area (Å²) in [5.74, 6) is 0.237. The molecule has 0 fully saturated rings. The second-order valence-electron chi connectivity index (χ2n) is 3.58. The number of nitrogens with one attached hydrogen (secondary N) is 1. The first-order valence-corrected chi connectivity index (χ1v) is 5.36. The number of carbonyl (C=O) groups excluding carboxylic acids is 1. The van der Waals surface area contributed by atoms with Crippen molar-refractivity contribution >= 4 is 5.78 Å². The van der Waals surface area contributed by atoms with Gasteiger partial charge in [0.15, 0.2) is 0 Å². The lowest BCUT2D eigenvalue weighted by Crippen LogP contribution is -2.14. The third-order valence-corrected chi connectivity index (χ3v) is 2.33. The van der Waals surface area contributed by atoms with Crippen LogP contribution in [0.2, 0.25) is 0 Å². The molecule has 3 nitrogen and oxygen atoms in total. The largest absolute Gasteiger partial charge is 0.319 e. The van der Waals surface area contributed by atoms with Crippen molar-refractivity contribution < 1.29 is 4.79 Å². The Labute approximate surface area is 90.9 Å². The summed E-state index contributed by atoms with van der Waals surface area (Å²) in [6, 6.07) is 3.98. The van der Waals surface area contributed by atoms with Crippen molar-refractivity contribution in [3.05, 3.63) is 29.6 Å². The summed E-state index contributed by atoms with van der Waals surface area (Å²) in [5.41, 5.74) is 2.08. The van der Waals surface area contributed by atoms with Crippen molar-refractivity contribution in [2.24, 2.45) is 0 Å². The molecule has 0 aliphatic heterocycles. The summed E-state index contributed by atoms with van der Waals surface area (Å²) in [7, 11) is 1.85. The Balaban J connectivity index is 2.46. The molecule has 0 aromatic carbocycles. The molecule has 0 aliphatic rings. The zero-order valence-corrected chi connectivity index (χ0v) is 9.42. The first kappa shape index (κ1) is 11.9. The number of nitrogens with zero attached hydrogens (tertiary/aromatic N) is 1. The molecule has 3 heteroatoms. The van der Waals surface area contributed by atoms with Crippen molar-refractivity contribution in [3.63, 3.8) is 0 Å². The molecule has 0 saturated heterocycles. The fourth-order valence-corrected chi connectivity index (χ4v) is 1.32. The van der Waals surface area contributed by atoms with Crippen LogP contribution in [0.3, 0.4) is 0 Å². The third-order valence-electron chi connectivity index (χ3n) is 2.33. The SMILES string of the molecule is CCc1ccc(CC(=O)CCNC)nc1. The van der Waals surface area contributed by atoms with Crippen molar-refractivity contribution in [2.45, 2.75) is 26.2 Å². The Morgan fingerprint density at radius 2 is 2.27 bits per heavy atom. The van der Waals surface area contributed by atoms with Gasteiger partial charge in [-0.1, -0.05) is 13.0 Å². The summed E-state index contributed by atoms with van der Waals surface area (Å²) < 4.78 is 0. The van der Waals surface area contributed by atoms with E-state index >= 15 is 0 Å². The predicted octanol–water partition coefficient (Wildman–Crippen LogP) is 1.37. The standard InChI is InChI=1S/C12H18N2O/c1-3-10-4-5-11(14-9-10)8-12(15)6-7-13-2/h4-5,9,13H,3,6-8H2,1-2H3. The minimum Gasteiger partial charge on any atom is -0.319 e. The second kappa shape index (κ2) is 6.30. The summed E-state index contributed by atoms with van der Waals surface area (Å²) >= 11 is 0. The van der Waals surface area contributed by atoms with Gasteiger partial charge in [0.05, 0.1) is 0 Å². The molecule has 15 heavy (non-hydrogen) atoms. The number of pyridine rings is 1. The number of aryl methyl sites for hydroxylation is 1. The number of ketones is 1. The Hall–Kier alpha value is -1.22. The molecule has 0 bridgehead atoms. The summed E-state index contributed by atoms with van der Waals surface area (Å²) in [6.45, 7) is 2.83. The van der Waals surface area contributed by atoms with Gasteiger partial charge in [-0.05, 0) is 25.1 Å². The monoisotopic (exact) mass is 206 g/mol. The van der Waals surface area contributed by atoms with Crippen molar-refractivity contribution in [1.29, 1.82) is 0 Å². The number of carbonyl (C=O) groups is 1. The Morgan fingerprint density at radius 3 is 2.80 bits per heavy atom. The van der Waals surface area contributed by atoms with E-state index in [0.29, 0.717) is 12.8 Å². The first-order valence-electron chi connectivity index (χ1n) is 5.36. The van der Waals surface area contributed by atoms with Crippen LogP contribution in [-0.4, -0.2) is 24.4 Å². The van der Waals surface area contributed by atoms with E-state index in [1.54, 1.807) is 0 Å². The van der Waals surface area contributed by atoms with E-state index in [-0.39, 0.29) is 5.78 Å². The van der Waals surface area contributed by atoms with E-state index in [2.05, 4.69) is 17.2 Å². The molecular weight excluding hydrogens is 188 g/mol. The maximum Gasteiger partial charge on any atom is 0.140 e. The number of rotatable bonds is 6. The zero-order chi connectivity index (χ0) is 11.1. The minimum absolute atomic E-state index is 0.237. The number of hydrogen-bond acceptors (Lipinski definition) is 3. The number of aromatic nitrogens is 1. The van der Waals surface area contributed by atoms with Gasteiger partial charge in [0.2, 0.25) is 0 Å². The molecule has 0 amide bonds. The maximum absolute atomic E-state index is 11.4. The molecule has 1 aromatic heterocycles. The van der Waals surface area contributed by atoms with Gasteiger partial charge in [-0.25, -0.2) is 0 Å². The molecule has 1 rings (SSSR count). The van der Waals surface area contributed by atoms with Crippen molar-refractivity contribution in [2.75, 3.05) is 13.6 Å². The van der Waals surface area contributed by atoms with E-state index in [1.165, 1.54) is 5.56 Å². The molecule has 0 unspecified atom stereocenters. The number of hydrogen-bond donors (Lipinski definition) is 1. The molecule has 82 valence electrons. The van der Waals surface area contributed by atoms with Crippen LogP contribution < -0.4 is 5.32 Å². The second-order valence-corrected chi connectivity index (χ2v) is 3.58. The highest BCUT2D eigenvalue weighted by Crippen LogP contribution is 2.02. The molecule has 0 radical (unpaired) electrons. The highest BCUT2D eigenvalue weighted by atomic mass is 16.1. The van der Waals surface area contributed by atoms with Crippen LogP contribution in [0.4, 0.5) is 0 Å². The highest BCUT2D eigenvalue weighted by Gasteiger charge is 2.03. The zero-order valence-electron chi connectivity index (χ0n) is 9.42. The van der Waals surface area contributed by atoms with Crippen LogP contribution >= 0.6 is 0 Å². The minimum atomic E-state index is 0.237. The average molecular weight is 206 g/mol. The van der Waals surface area contributed by atoms with E-state index in [4.69, 9.17) is 0 Å². The predicted molar refractivity (Wildman–Crippen MR) is 60.9 cm³/mol. The van der Waals surface area contributed by atoms with Crippen molar-refractivity contribution in [3.8, 4) is 0 Å². The van der Waals surface area contributed by atoms with E-state index < -0.39 is 0 Å². The van der Waals surface area contributed by atoms with Crippen LogP contribution in [0.25, 0.3) is 0 Å². The van der Waals surface area contributed by atoms with E-state index in [9.17, 15) is 4.79 Å². The van der Waals surface area contributed by atoms with Crippen LogP contribution in [0.15, 0.2) is 18.3 Å². The summed E-state index contributed by atoms with van der Waals surface area (Å²) in [6.07, 6.45) is 3.86. The highest BCUT2D eigenvalue weighted by molar-refractivity contribution is 5.80. The fraction of sp³-hybridized carbons (Fsp3) is 0.500. The third kappa shape index (κ3) is 4.21. The van der Waals surface area contributed by atoms with Crippen LogP contribution in [0, 0.1) is 0 Å². The van der Waals surface area contributed by atoms with Gasteiger partial charge in [-0.3, -0.25) is 9.78 Å². The quantitative estimate of drug-likeness (QED) is 0.764. The molecule has 1 aromatic rings. The van der Waals surface area contributed by atoms with E-state index in [1.807, 2.05) is 25.4 Å². The van der Waals surface area contributed by atoms with Crippen LogP contribution in [0.1, 0.15) is 24.6 Å². The van der Waals surface area contributed by atoms with Crippen molar-refractivity contribution in [1.82, 2.24) is 10.3 Å². The lowest BCUT2D eigenvalue weighted by atomic mass is 10.1. The molecule has 1 heterocycles. The van der Waals surface area contributed by atoms with Gasteiger partial charge in [0, 0.05) is 31.3 Å². The maximum atomic E-state index is 11.4. The molecule has 0 atom stereocenters. The lowest BCUT2D eigenvalue weighted by molar-refractivity contribution is -0.118. The number of Topliss-reactive ketones (excluding diaryl/α,β-unsaturated/α-hetero) is 1. The van der Waals surface area contributed by atoms with Gasteiger partial charge in [0.25, 0.3) is 0 Å². The van der Waals surface area contributed by atoms with E-state index in [0.717, 1.165) is 18.7 Å². The Morgan fingerprint density at radius 1 is 1.47 bits per heavy atom. The molecule has 0 spiro atoms. The summed E-state index contributed by atoms with van der Waals surface area (Å²) in [5, 5.41) is 2.96. The van der Waals surface area contributed by atoms with Crippen LogP contribution in [-0.2, 0) is 17.6 Å². The fourth-order valence-electron chi connectivity index (χ4n) is 1.32. The first-order chi connectivity index (χ1) is 7.26. The average Bonchev–Trinajstić information content (AvgIpc) is 2.27. The van der Waals surface area contributed by atoms with Gasteiger partial charge in [-0.15, -0.1) is 0 Å². The molecule has 1 N–H and O–H groups in total. The van der Waals surface area contributed by atoms with Gasteiger partial charge < -0.3 is 5.32 Å².